The molecule has 1 saturated carbocycles. The Labute approximate surface area is 173 Å². The van der Waals surface area contributed by atoms with Gasteiger partial charge >= 0.3 is 0 Å². The van der Waals surface area contributed by atoms with E-state index in [4.69, 9.17) is 0 Å². The molecule has 2 aromatic heterocycles. The van der Waals surface area contributed by atoms with Gasteiger partial charge in [-0.15, -0.1) is 16.4 Å². The zero-order chi connectivity index (χ0) is 19.2. The maximum absolute atomic E-state index is 13.1. The van der Waals surface area contributed by atoms with Gasteiger partial charge in [-0.3, -0.25) is 9.89 Å². The molecule has 28 heavy (non-hydrogen) atoms. The molecule has 0 saturated heterocycles. The van der Waals surface area contributed by atoms with Crippen LogP contribution >= 0.6 is 23.1 Å². The van der Waals surface area contributed by atoms with Gasteiger partial charge in [-0.25, -0.2) is 4.98 Å². The molecule has 1 N–H and O–H groups in total. The molecule has 0 bridgehead atoms. The van der Waals surface area contributed by atoms with E-state index in [-0.39, 0.29) is 5.91 Å². The normalized spacial score (nSPS) is 14.9. The number of thiophene rings is 1. The maximum atomic E-state index is 13.1. The maximum Gasteiger partial charge on any atom is 0.237 e. The number of thioether (sulfide) groups is 1. The van der Waals surface area contributed by atoms with Gasteiger partial charge in [0.25, 0.3) is 0 Å². The van der Waals surface area contributed by atoms with Gasteiger partial charge in [-0.2, -0.15) is 0 Å². The zero-order valence-electron chi connectivity index (χ0n) is 15.7. The molecule has 1 fully saturated rings. The first kappa shape index (κ1) is 19.2. The third kappa shape index (κ3) is 4.83. The number of amides is 1. The number of rotatable bonds is 7. The van der Waals surface area contributed by atoms with Crippen LogP contribution in [0.3, 0.4) is 0 Å². The Balaban J connectivity index is 1.41. The molecule has 4 rings (SSSR count). The second-order valence-electron chi connectivity index (χ2n) is 7.00. The average Bonchev–Trinajstić information content (AvgIpc) is 3.41. The van der Waals surface area contributed by atoms with Crippen molar-refractivity contribution < 1.29 is 4.79 Å². The topological polar surface area (TPSA) is 61.9 Å². The van der Waals surface area contributed by atoms with E-state index in [1.807, 2.05) is 41.3 Å². The summed E-state index contributed by atoms with van der Waals surface area (Å²) >= 11 is 3.11. The summed E-state index contributed by atoms with van der Waals surface area (Å²) in [4.78, 5) is 20.9. The van der Waals surface area contributed by atoms with Crippen molar-refractivity contribution in [3.63, 3.8) is 0 Å². The summed E-state index contributed by atoms with van der Waals surface area (Å²) in [7, 11) is 0. The van der Waals surface area contributed by atoms with Crippen molar-refractivity contribution in [3.05, 3.63) is 58.5 Å². The zero-order valence-corrected chi connectivity index (χ0v) is 17.3. The lowest BCUT2D eigenvalue weighted by atomic mass is 9.93. The van der Waals surface area contributed by atoms with Crippen molar-refractivity contribution >= 4 is 34.7 Å². The predicted octanol–water partition coefficient (Wildman–Crippen LogP) is 4.92. The van der Waals surface area contributed by atoms with E-state index in [0.29, 0.717) is 17.0 Å². The average molecular weight is 413 g/mol. The number of anilines is 1. The third-order valence-corrected chi connectivity index (χ3v) is 6.71. The number of carbonyl (C=O) groups excluding carboxylic acids is 1. The molecule has 1 aliphatic carbocycles. The Morgan fingerprint density at radius 3 is 2.71 bits per heavy atom. The summed E-state index contributed by atoms with van der Waals surface area (Å²) in [6.45, 7) is 0. The molecule has 146 valence electrons. The number of carbonyl (C=O) groups is 1. The molecule has 0 aliphatic heterocycles. The van der Waals surface area contributed by atoms with Crippen molar-refractivity contribution in [1.82, 2.24) is 15.2 Å². The fourth-order valence-corrected chi connectivity index (χ4v) is 5.07. The monoisotopic (exact) mass is 412 g/mol. The number of aromatic nitrogens is 3. The fraction of sp³-hybridized carbons (Fsp3) is 0.381. The van der Waals surface area contributed by atoms with Crippen molar-refractivity contribution in [3.8, 4) is 0 Å². The van der Waals surface area contributed by atoms with Gasteiger partial charge in [-0.05, 0) is 36.4 Å². The van der Waals surface area contributed by atoms with E-state index in [2.05, 4.69) is 26.6 Å². The largest absolute Gasteiger partial charge is 0.309 e. The standard InChI is InChI=1S/C21H24N4OS2/c26-20(15-28-21-22-19(23-24-21)14-18-12-7-13-27-18)25(16-8-3-1-4-9-16)17-10-5-2-6-11-17/h1,3-4,7-9,12-13,17H,2,5-6,10-11,14-15H2,(H,22,23,24). The highest BCUT2D eigenvalue weighted by atomic mass is 32.2. The van der Waals surface area contributed by atoms with Crippen molar-refractivity contribution in [2.24, 2.45) is 0 Å². The van der Waals surface area contributed by atoms with Gasteiger partial charge in [0.1, 0.15) is 5.82 Å². The molecule has 0 spiro atoms. The van der Waals surface area contributed by atoms with E-state index in [9.17, 15) is 4.79 Å². The number of benzene rings is 1. The van der Waals surface area contributed by atoms with Crippen molar-refractivity contribution in [2.75, 3.05) is 10.7 Å². The number of para-hydroxylation sites is 1. The lowest BCUT2D eigenvalue weighted by Gasteiger charge is -2.34. The molecule has 0 radical (unpaired) electrons. The van der Waals surface area contributed by atoms with Gasteiger partial charge in [-0.1, -0.05) is 55.3 Å². The van der Waals surface area contributed by atoms with Gasteiger partial charge < -0.3 is 4.90 Å². The summed E-state index contributed by atoms with van der Waals surface area (Å²) in [6, 6.07) is 14.5. The number of aromatic amines is 1. The Morgan fingerprint density at radius 2 is 1.96 bits per heavy atom. The molecule has 1 amide bonds. The smallest absolute Gasteiger partial charge is 0.237 e. The van der Waals surface area contributed by atoms with Crippen LogP contribution in [0.5, 0.6) is 0 Å². The van der Waals surface area contributed by atoms with E-state index in [0.717, 1.165) is 30.8 Å². The first-order chi connectivity index (χ1) is 13.8. The van der Waals surface area contributed by atoms with Gasteiger partial charge in [0.2, 0.25) is 11.1 Å². The molecule has 1 aliphatic rings. The van der Waals surface area contributed by atoms with Crippen LogP contribution in [-0.4, -0.2) is 32.9 Å². The lowest BCUT2D eigenvalue weighted by Crippen LogP contribution is -2.42. The predicted molar refractivity (Wildman–Crippen MR) is 115 cm³/mol. The Bertz CT molecular complexity index is 873. The third-order valence-electron chi connectivity index (χ3n) is 5.00. The fourth-order valence-electron chi connectivity index (χ4n) is 3.68. The van der Waals surface area contributed by atoms with E-state index in [1.54, 1.807) is 11.3 Å². The van der Waals surface area contributed by atoms with Crippen molar-refractivity contribution in [1.29, 1.82) is 0 Å². The molecule has 0 atom stereocenters. The van der Waals surface area contributed by atoms with Crippen LogP contribution in [0, 0.1) is 0 Å². The number of nitrogens with one attached hydrogen (secondary N) is 1. The Hall–Kier alpha value is -2.12. The number of nitrogens with zero attached hydrogens (tertiary/aromatic N) is 3. The summed E-state index contributed by atoms with van der Waals surface area (Å²) < 4.78 is 0. The summed E-state index contributed by atoms with van der Waals surface area (Å²) in [5.74, 6) is 1.32. The molecular weight excluding hydrogens is 388 g/mol. The van der Waals surface area contributed by atoms with Crippen LogP contribution < -0.4 is 4.90 Å². The van der Waals surface area contributed by atoms with Crippen LogP contribution in [0.15, 0.2) is 53.0 Å². The quantitative estimate of drug-likeness (QED) is 0.560. The van der Waals surface area contributed by atoms with Gasteiger partial charge in [0, 0.05) is 23.0 Å². The highest BCUT2D eigenvalue weighted by Crippen LogP contribution is 2.28. The molecule has 7 heteroatoms. The second kappa shape index (κ2) is 9.39. The Kier molecular flexibility index (Phi) is 6.44. The minimum atomic E-state index is 0.132. The Morgan fingerprint density at radius 1 is 1.14 bits per heavy atom. The highest BCUT2D eigenvalue weighted by molar-refractivity contribution is 7.99. The molecule has 0 unspecified atom stereocenters. The number of hydrogen-bond acceptors (Lipinski definition) is 5. The van der Waals surface area contributed by atoms with Crippen LogP contribution in [0.1, 0.15) is 42.8 Å². The molecule has 5 nitrogen and oxygen atoms in total. The van der Waals surface area contributed by atoms with Crippen LogP contribution in [-0.2, 0) is 11.2 Å². The minimum absolute atomic E-state index is 0.132. The first-order valence-electron chi connectivity index (χ1n) is 9.73. The summed E-state index contributed by atoms with van der Waals surface area (Å²) in [5, 5.41) is 9.96. The van der Waals surface area contributed by atoms with E-state index >= 15 is 0 Å². The highest BCUT2D eigenvalue weighted by Gasteiger charge is 2.27. The van der Waals surface area contributed by atoms with Gasteiger partial charge in [0.05, 0.1) is 5.75 Å². The molecule has 3 aromatic rings. The summed E-state index contributed by atoms with van der Waals surface area (Å²) in [5.41, 5.74) is 0.994. The number of H-pyrrole nitrogens is 1. The molecule has 2 heterocycles. The van der Waals surface area contributed by atoms with Crippen LogP contribution in [0.4, 0.5) is 5.69 Å². The first-order valence-corrected chi connectivity index (χ1v) is 11.6. The summed E-state index contributed by atoms with van der Waals surface area (Å²) in [6.07, 6.45) is 6.57. The van der Waals surface area contributed by atoms with Crippen LogP contribution in [0.25, 0.3) is 0 Å². The molecule has 1 aromatic carbocycles. The van der Waals surface area contributed by atoms with Crippen molar-refractivity contribution in [2.45, 2.75) is 49.7 Å². The van der Waals surface area contributed by atoms with Crippen LogP contribution in [0.2, 0.25) is 0 Å². The minimum Gasteiger partial charge on any atom is -0.309 e. The second-order valence-corrected chi connectivity index (χ2v) is 8.98. The van der Waals surface area contributed by atoms with Gasteiger partial charge in [0.15, 0.2) is 0 Å². The lowest BCUT2D eigenvalue weighted by molar-refractivity contribution is -0.116. The number of hydrogen-bond donors (Lipinski definition) is 1. The van der Waals surface area contributed by atoms with E-state index < -0.39 is 0 Å². The molecular formula is C21H24N4OS2. The van der Waals surface area contributed by atoms with E-state index in [1.165, 1.54) is 35.9 Å². The SMILES string of the molecule is O=C(CSc1n[nH]c(Cc2cccs2)n1)N(c1ccccc1)C1CCCCC1.